The molecule has 0 aliphatic carbocycles. The van der Waals surface area contributed by atoms with Gasteiger partial charge in [-0.15, -0.1) is 0 Å². The maximum atomic E-state index is 4.15. The highest BCUT2D eigenvalue weighted by atomic mass is 79.9. The molecule has 0 bridgehead atoms. The molecule has 0 spiro atoms. The van der Waals surface area contributed by atoms with Gasteiger partial charge in [0.05, 0.1) is 0 Å². The zero-order valence-electron chi connectivity index (χ0n) is 9.29. The number of guanidine groups is 1. The number of hydrogen-bond acceptors (Lipinski definition) is 1. The number of nitrogens with one attached hydrogen (secondary N) is 1. The third kappa shape index (κ3) is 3.23. The molecule has 4 heteroatoms. The number of benzene rings is 1. The number of hydrogen-bond donors (Lipinski definition) is 1. The van der Waals surface area contributed by atoms with Crippen molar-refractivity contribution in [3.63, 3.8) is 0 Å². The van der Waals surface area contributed by atoms with Gasteiger partial charge in [-0.25, -0.2) is 0 Å². The van der Waals surface area contributed by atoms with Gasteiger partial charge in [-0.3, -0.25) is 4.99 Å². The first kappa shape index (κ1) is 12.0. The molecule has 15 heavy (non-hydrogen) atoms. The van der Waals surface area contributed by atoms with Gasteiger partial charge in [-0.05, 0) is 11.6 Å². The summed E-state index contributed by atoms with van der Waals surface area (Å²) in [5.74, 6) is 0.880. The highest BCUT2D eigenvalue weighted by Gasteiger charge is 2.06. The second-order valence-corrected chi connectivity index (χ2v) is 4.10. The van der Waals surface area contributed by atoms with Gasteiger partial charge in [0, 0.05) is 32.2 Å². The molecule has 1 aromatic carbocycles. The van der Waals surface area contributed by atoms with Crippen molar-refractivity contribution in [3.8, 4) is 0 Å². The van der Waals surface area contributed by atoms with Crippen molar-refractivity contribution in [2.75, 3.05) is 21.1 Å². The normalized spacial score (nSPS) is 11.3. The fourth-order valence-electron chi connectivity index (χ4n) is 1.43. The molecule has 0 saturated carbocycles. The van der Waals surface area contributed by atoms with Gasteiger partial charge in [-0.1, -0.05) is 34.1 Å². The van der Waals surface area contributed by atoms with Gasteiger partial charge >= 0.3 is 0 Å². The van der Waals surface area contributed by atoms with Gasteiger partial charge < -0.3 is 10.2 Å². The van der Waals surface area contributed by atoms with Crippen LogP contribution in [0.2, 0.25) is 0 Å². The average Bonchev–Trinajstić information content (AvgIpc) is 2.23. The van der Waals surface area contributed by atoms with Gasteiger partial charge in [0.25, 0.3) is 0 Å². The SMILES string of the molecule is CN=C(NC)N(C)Cc1ccccc1Br. The Balaban J connectivity index is 2.74. The lowest BCUT2D eigenvalue weighted by molar-refractivity contribution is 0.482. The van der Waals surface area contributed by atoms with E-state index in [9.17, 15) is 0 Å². The van der Waals surface area contributed by atoms with E-state index in [1.807, 2.05) is 32.3 Å². The van der Waals surface area contributed by atoms with Crippen LogP contribution < -0.4 is 5.32 Å². The third-order valence-electron chi connectivity index (χ3n) is 2.16. The molecule has 0 atom stereocenters. The molecule has 1 aromatic rings. The quantitative estimate of drug-likeness (QED) is 0.658. The molecule has 82 valence electrons. The molecule has 0 amide bonds. The standard InChI is InChI=1S/C11H16BrN3/c1-13-11(14-2)15(3)8-9-6-4-5-7-10(9)12/h4-7H,8H2,1-3H3,(H,13,14). The van der Waals surface area contributed by atoms with Crippen LogP contribution in [0.4, 0.5) is 0 Å². The van der Waals surface area contributed by atoms with Crippen molar-refractivity contribution < 1.29 is 0 Å². The summed E-state index contributed by atoms with van der Waals surface area (Å²) in [7, 11) is 5.67. The summed E-state index contributed by atoms with van der Waals surface area (Å²) >= 11 is 3.53. The minimum atomic E-state index is 0.828. The monoisotopic (exact) mass is 269 g/mol. The van der Waals surface area contributed by atoms with Gasteiger partial charge in [-0.2, -0.15) is 0 Å². The van der Waals surface area contributed by atoms with Crippen molar-refractivity contribution in [1.82, 2.24) is 10.2 Å². The zero-order valence-corrected chi connectivity index (χ0v) is 10.9. The third-order valence-corrected chi connectivity index (χ3v) is 2.94. The van der Waals surface area contributed by atoms with E-state index in [0.29, 0.717) is 0 Å². The van der Waals surface area contributed by atoms with Crippen molar-refractivity contribution in [3.05, 3.63) is 34.3 Å². The smallest absolute Gasteiger partial charge is 0.193 e. The highest BCUT2D eigenvalue weighted by Crippen LogP contribution is 2.17. The molecule has 0 saturated heterocycles. The largest absolute Gasteiger partial charge is 0.359 e. The lowest BCUT2D eigenvalue weighted by Crippen LogP contribution is -2.36. The Bertz CT molecular complexity index is 349. The van der Waals surface area contributed by atoms with Crippen LogP contribution in [0.15, 0.2) is 33.7 Å². The molecular formula is C11H16BrN3. The van der Waals surface area contributed by atoms with Crippen molar-refractivity contribution in [2.45, 2.75) is 6.54 Å². The lowest BCUT2D eigenvalue weighted by atomic mass is 10.2. The molecule has 0 aliphatic heterocycles. The van der Waals surface area contributed by atoms with Crippen LogP contribution in [0.5, 0.6) is 0 Å². The van der Waals surface area contributed by atoms with Crippen LogP contribution in [0.25, 0.3) is 0 Å². The van der Waals surface area contributed by atoms with Gasteiger partial charge in [0.1, 0.15) is 0 Å². The summed E-state index contributed by atoms with van der Waals surface area (Å²) in [5.41, 5.74) is 1.25. The lowest BCUT2D eigenvalue weighted by Gasteiger charge is -2.21. The molecule has 0 unspecified atom stereocenters. The van der Waals surface area contributed by atoms with Crippen LogP contribution in [0.1, 0.15) is 5.56 Å². The van der Waals surface area contributed by atoms with E-state index in [4.69, 9.17) is 0 Å². The zero-order chi connectivity index (χ0) is 11.3. The number of aliphatic imine (C=N–C) groups is 1. The average molecular weight is 270 g/mol. The Kier molecular flexibility index (Phi) is 4.62. The first-order chi connectivity index (χ1) is 7.19. The summed E-state index contributed by atoms with van der Waals surface area (Å²) in [6.45, 7) is 0.828. The van der Waals surface area contributed by atoms with Crippen LogP contribution in [-0.2, 0) is 6.54 Å². The number of halogens is 1. The maximum Gasteiger partial charge on any atom is 0.193 e. The minimum Gasteiger partial charge on any atom is -0.359 e. The van der Waals surface area contributed by atoms with Gasteiger partial charge in [0.15, 0.2) is 5.96 Å². The fraction of sp³-hybridized carbons (Fsp3) is 0.364. The minimum absolute atomic E-state index is 0.828. The maximum absolute atomic E-state index is 4.15. The van der Waals surface area contributed by atoms with Crippen molar-refractivity contribution >= 4 is 21.9 Å². The molecule has 0 aromatic heterocycles. The van der Waals surface area contributed by atoms with E-state index in [2.05, 4.69) is 37.2 Å². The van der Waals surface area contributed by atoms with Crippen LogP contribution in [-0.4, -0.2) is 32.0 Å². The Hall–Kier alpha value is -1.03. The Labute approximate surface area is 99.3 Å². The highest BCUT2D eigenvalue weighted by molar-refractivity contribution is 9.10. The Morgan fingerprint density at radius 2 is 2.13 bits per heavy atom. The van der Waals surface area contributed by atoms with Crippen molar-refractivity contribution in [1.29, 1.82) is 0 Å². The molecule has 0 fully saturated rings. The number of nitrogens with zero attached hydrogens (tertiary/aromatic N) is 2. The van der Waals surface area contributed by atoms with Crippen molar-refractivity contribution in [2.24, 2.45) is 4.99 Å². The van der Waals surface area contributed by atoms with E-state index in [-0.39, 0.29) is 0 Å². The molecule has 0 heterocycles. The first-order valence-electron chi connectivity index (χ1n) is 4.78. The van der Waals surface area contributed by atoms with Crippen LogP contribution >= 0.6 is 15.9 Å². The molecule has 1 rings (SSSR count). The summed E-state index contributed by atoms with van der Waals surface area (Å²) < 4.78 is 1.13. The fourth-order valence-corrected chi connectivity index (χ4v) is 1.84. The summed E-state index contributed by atoms with van der Waals surface area (Å²) in [4.78, 5) is 6.22. The first-order valence-corrected chi connectivity index (χ1v) is 5.57. The molecule has 0 aliphatic rings. The van der Waals surface area contributed by atoms with Crippen LogP contribution in [0.3, 0.4) is 0 Å². The number of rotatable bonds is 2. The van der Waals surface area contributed by atoms with E-state index in [1.165, 1.54) is 5.56 Å². The molecular weight excluding hydrogens is 254 g/mol. The predicted octanol–water partition coefficient (Wildman–Crippen LogP) is 2.09. The molecule has 0 radical (unpaired) electrons. The van der Waals surface area contributed by atoms with Gasteiger partial charge in [0.2, 0.25) is 0 Å². The Morgan fingerprint density at radius 1 is 1.47 bits per heavy atom. The second-order valence-electron chi connectivity index (χ2n) is 3.24. The van der Waals surface area contributed by atoms with E-state index in [0.717, 1.165) is 17.0 Å². The molecule has 3 nitrogen and oxygen atoms in total. The Morgan fingerprint density at radius 3 is 2.67 bits per heavy atom. The van der Waals surface area contributed by atoms with Crippen LogP contribution in [0, 0.1) is 0 Å². The summed E-state index contributed by atoms with van der Waals surface area (Å²) in [6, 6.07) is 8.20. The van der Waals surface area contributed by atoms with E-state index < -0.39 is 0 Å². The topological polar surface area (TPSA) is 27.6 Å². The predicted molar refractivity (Wildman–Crippen MR) is 68.0 cm³/mol. The summed E-state index contributed by atoms with van der Waals surface area (Å²) in [5, 5.41) is 3.05. The summed E-state index contributed by atoms with van der Waals surface area (Å²) in [6.07, 6.45) is 0. The van der Waals surface area contributed by atoms with E-state index in [1.54, 1.807) is 7.05 Å². The van der Waals surface area contributed by atoms with E-state index >= 15 is 0 Å². The second kappa shape index (κ2) is 5.75. The molecule has 1 N–H and O–H groups in total.